The van der Waals surface area contributed by atoms with Gasteiger partial charge in [0.25, 0.3) is 0 Å². The Balaban J connectivity index is 1.60. The zero-order valence-electron chi connectivity index (χ0n) is 12.4. The number of rotatable bonds is 6. The zero-order valence-corrected chi connectivity index (χ0v) is 13.2. The van der Waals surface area contributed by atoms with E-state index in [1.807, 2.05) is 24.3 Å². The lowest BCUT2D eigenvalue weighted by atomic mass is 10.2. The van der Waals surface area contributed by atoms with Crippen LogP contribution in [0.5, 0.6) is 5.75 Å². The molecule has 5 nitrogen and oxygen atoms in total. The van der Waals surface area contributed by atoms with Gasteiger partial charge in [0.15, 0.2) is 5.11 Å². The van der Waals surface area contributed by atoms with Gasteiger partial charge in [-0.1, -0.05) is 12.1 Å². The highest BCUT2D eigenvalue weighted by atomic mass is 32.1. The molecule has 116 valence electrons. The molecule has 0 saturated carbocycles. The zero-order chi connectivity index (χ0) is 14.9. The molecule has 1 aliphatic heterocycles. The number of hydrogen-bond acceptors (Lipinski definition) is 4. The van der Waals surface area contributed by atoms with Gasteiger partial charge in [-0.2, -0.15) is 0 Å². The number of morpholine rings is 1. The van der Waals surface area contributed by atoms with Crippen LogP contribution in [-0.4, -0.2) is 56.5 Å². The number of hydrogen-bond donors (Lipinski definition) is 2. The van der Waals surface area contributed by atoms with Gasteiger partial charge in [0.1, 0.15) is 5.75 Å². The van der Waals surface area contributed by atoms with Crippen molar-refractivity contribution in [2.24, 2.45) is 0 Å². The smallest absolute Gasteiger partial charge is 0.166 e. The van der Waals surface area contributed by atoms with E-state index >= 15 is 0 Å². The molecule has 6 heteroatoms. The second kappa shape index (κ2) is 8.81. The lowest BCUT2D eigenvalue weighted by Crippen LogP contribution is -2.43. The number of methoxy groups -OCH3 is 1. The third-order valence-corrected chi connectivity index (χ3v) is 3.72. The summed E-state index contributed by atoms with van der Waals surface area (Å²) in [7, 11) is 1.67. The van der Waals surface area contributed by atoms with Gasteiger partial charge in [0, 0.05) is 32.7 Å². The molecule has 0 aliphatic carbocycles. The maximum atomic E-state index is 5.32. The molecule has 1 heterocycles. The molecular formula is C15H23N3O2S. The van der Waals surface area contributed by atoms with Gasteiger partial charge >= 0.3 is 0 Å². The van der Waals surface area contributed by atoms with E-state index in [0.29, 0.717) is 11.7 Å². The largest absolute Gasteiger partial charge is 0.497 e. The normalized spacial score (nSPS) is 15.5. The van der Waals surface area contributed by atoms with Crippen molar-refractivity contribution in [2.45, 2.75) is 6.54 Å². The third-order valence-electron chi connectivity index (χ3n) is 3.43. The summed E-state index contributed by atoms with van der Waals surface area (Å²) in [6.07, 6.45) is 0. The summed E-state index contributed by atoms with van der Waals surface area (Å²) in [6, 6.07) is 7.96. The number of nitrogens with one attached hydrogen (secondary N) is 2. The Bertz CT molecular complexity index is 433. The molecule has 0 unspecified atom stereocenters. The van der Waals surface area contributed by atoms with Crippen LogP contribution in [0.1, 0.15) is 5.56 Å². The Morgan fingerprint density at radius 1 is 1.24 bits per heavy atom. The van der Waals surface area contributed by atoms with E-state index in [4.69, 9.17) is 21.7 Å². The average Bonchev–Trinajstić information content (AvgIpc) is 2.54. The summed E-state index contributed by atoms with van der Waals surface area (Å²) in [5.74, 6) is 0.866. The first-order chi connectivity index (χ1) is 10.3. The second-order valence-corrected chi connectivity index (χ2v) is 5.32. The molecule has 1 fully saturated rings. The van der Waals surface area contributed by atoms with Crippen molar-refractivity contribution in [3.8, 4) is 5.75 Å². The van der Waals surface area contributed by atoms with Crippen molar-refractivity contribution < 1.29 is 9.47 Å². The van der Waals surface area contributed by atoms with Crippen molar-refractivity contribution in [1.82, 2.24) is 15.5 Å². The summed E-state index contributed by atoms with van der Waals surface area (Å²) < 4.78 is 10.5. The van der Waals surface area contributed by atoms with Gasteiger partial charge in [-0.3, -0.25) is 4.90 Å². The van der Waals surface area contributed by atoms with Gasteiger partial charge in [-0.25, -0.2) is 0 Å². The van der Waals surface area contributed by atoms with Crippen LogP contribution in [0.15, 0.2) is 24.3 Å². The van der Waals surface area contributed by atoms with E-state index in [9.17, 15) is 0 Å². The van der Waals surface area contributed by atoms with Crippen molar-refractivity contribution >= 4 is 17.3 Å². The Hall–Kier alpha value is -1.37. The summed E-state index contributed by atoms with van der Waals surface area (Å²) in [5, 5.41) is 7.14. The van der Waals surface area contributed by atoms with E-state index in [2.05, 4.69) is 15.5 Å². The summed E-state index contributed by atoms with van der Waals surface area (Å²) in [4.78, 5) is 2.38. The predicted molar refractivity (Wildman–Crippen MR) is 87.7 cm³/mol. The minimum Gasteiger partial charge on any atom is -0.497 e. The number of benzene rings is 1. The van der Waals surface area contributed by atoms with Crippen LogP contribution in [0.2, 0.25) is 0 Å². The molecule has 1 aromatic rings. The SMILES string of the molecule is COc1ccc(CNC(=S)NCCN2CCOCC2)cc1. The first-order valence-electron chi connectivity index (χ1n) is 7.22. The van der Waals surface area contributed by atoms with E-state index in [0.717, 1.165) is 45.1 Å². The molecular weight excluding hydrogens is 286 g/mol. The minimum absolute atomic E-state index is 0.694. The number of thiocarbonyl (C=S) groups is 1. The van der Waals surface area contributed by atoms with Crippen molar-refractivity contribution in [2.75, 3.05) is 46.5 Å². The summed E-state index contributed by atoms with van der Waals surface area (Å²) in [6.45, 7) is 6.25. The summed E-state index contributed by atoms with van der Waals surface area (Å²) in [5.41, 5.74) is 1.17. The molecule has 0 spiro atoms. The van der Waals surface area contributed by atoms with Crippen molar-refractivity contribution in [1.29, 1.82) is 0 Å². The molecule has 0 bridgehead atoms. The highest BCUT2D eigenvalue weighted by Gasteiger charge is 2.09. The predicted octanol–water partition coefficient (Wildman–Crippen LogP) is 0.992. The van der Waals surface area contributed by atoms with Crippen molar-refractivity contribution in [3.63, 3.8) is 0 Å². The average molecular weight is 309 g/mol. The fraction of sp³-hybridized carbons (Fsp3) is 0.533. The van der Waals surface area contributed by atoms with Crippen molar-refractivity contribution in [3.05, 3.63) is 29.8 Å². The molecule has 0 radical (unpaired) electrons. The van der Waals surface area contributed by atoms with E-state index in [1.165, 1.54) is 5.56 Å². The third kappa shape index (κ3) is 5.87. The van der Waals surface area contributed by atoms with Gasteiger partial charge in [0.05, 0.1) is 20.3 Å². The Morgan fingerprint density at radius 3 is 2.62 bits per heavy atom. The monoisotopic (exact) mass is 309 g/mol. The van der Waals surface area contributed by atoms with Crippen LogP contribution in [0.4, 0.5) is 0 Å². The molecule has 1 aromatic carbocycles. The quantitative estimate of drug-likeness (QED) is 0.764. The molecule has 0 atom stereocenters. The highest BCUT2D eigenvalue weighted by molar-refractivity contribution is 7.80. The molecule has 0 amide bonds. The van der Waals surface area contributed by atoms with Gasteiger partial charge < -0.3 is 20.1 Å². The topological polar surface area (TPSA) is 45.8 Å². The Labute approximate surface area is 131 Å². The van der Waals surface area contributed by atoms with Gasteiger partial charge in [0.2, 0.25) is 0 Å². The Morgan fingerprint density at radius 2 is 1.95 bits per heavy atom. The lowest BCUT2D eigenvalue weighted by Gasteiger charge is -2.26. The number of nitrogens with zero attached hydrogens (tertiary/aromatic N) is 1. The molecule has 21 heavy (non-hydrogen) atoms. The molecule has 1 saturated heterocycles. The van der Waals surface area contributed by atoms with Gasteiger partial charge in [-0.05, 0) is 29.9 Å². The summed E-state index contributed by atoms with van der Waals surface area (Å²) >= 11 is 5.28. The molecule has 2 N–H and O–H groups in total. The van der Waals surface area contributed by atoms with Crippen LogP contribution in [-0.2, 0) is 11.3 Å². The molecule has 1 aliphatic rings. The number of ether oxygens (including phenoxy) is 2. The Kier molecular flexibility index (Phi) is 6.72. The fourth-order valence-electron chi connectivity index (χ4n) is 2.14. The fourth-order valence-corrected chi connectivity index (χ4v) is 2.31. The van der Waals surface area contributed by atoms with Gasteiger partial charge in [-0.15, -0.1) is 0 Å². The first kappa shape index (κ1) is 16.0. The first-order valence-corrected chi connectivity index (χ1v) is 7.63. The van der Waals surface area contributed by atoms with Crippen LogP contribution < -0.4 is 15.4 Å². The minimum atomic E-state index is 0.694. The lowest BCUT2D eigenvalue weighted by molar-refractivity contribution is 0.0389. The van der Waals surface area contributed by atoms with E-state index < -0.39 is 0 Å². The standard InChI is InChI=1S/C15H23N3O2S/c1-19-14-4-2-13(3-5-14)12-17-15(21)16-6-7-18-8-10-20-11-9-18/h2-5H,6-12H2,1H3,(H2,16,17,21). The van der Waals surface area contributed by atoms with Crippen LogP contribution in [0, 0.1) is 0 Å². The van der Waals surface area contributed by atoms with Crippen LogP contribution >= 0.6 is 12.2 Å². The van der Waals surface area contributed by atoms with Crippen LogP contribution in [0.3, 0.4) is 0 Å². The highest BCUT2D eigenvalue weighted by Crippen LogP contribution is 2.10. The molecule has 0 aromatic heterocycles. The maximum absolute atomic E-state index is 5.32. The van der Waals surface area contributed by atoms with Crippen LogP contribution in [0.25, 0.3) is 0 Å². The second-order valence-electron chi connectivity index (χ2n) is 4.91. The molecule has 2 rings (SSSR count). The maximum Gasteiger partial charge on any atom is 0.166 e. The van der Waals surface area contributed by atoms with E-state index in [1.54, 1.807) is 7.11 Å². The van der Waals surface area contributed by atoms with E-state index in [-0.39, 0.29) is 0 Å².